The molecule has 1 amide bonds. The van der Waals surface area contributed by atoms with Crippen LogP contribution in [0.2, 0.25) is 5.02 Å². The average molecular weight is 566 g/mol. The maximum atomic E-state index is 15.3. The summed E-state index contributed by atoms with van der Waals surface area (Å²) in [6.45, 7) is 0.207. The van der Waals surface area contributed by atoms with Crippen LogP contribution in [0.1, 0.15) is 21.6 Å². The Bertz CT molecular complexity index is 2000. The summed E-state index contributed by atoms with van der Waals surface area (Å²) in [5.41, 5.74) is 0.790. The molecule has 0 radical (unpaired) electrons. The third kappa shape index (κ3) is 4.35. The number of nitrogens with one attached hydrogen (secondary N) is 2. The van der Waals surface area contributed by atoms with Crippen LogP contribution in [0.3, 0.4) is 0 Å². The lowest BCUT2D eigenvalue weighted by Crippen LogP contribution is -2.32. The average Bonchev–Trinajstić information content (AvgIpc) is 3.48. The third-order valence-electron chi connectivity index (χ3n) is 6.78. The summed E-state index contributed by atoms with van der Waals surface area (Å²) in [6, 6.07) is 15.6. The number of sulfonamides is 1. The molecule has 0 atom stereocenters. The van der Waals surface area contributed by atoms with Gasteiger partial charge in [-0.25, -0.2) is 17.5 Å². The molecule has 2 aromatic heterocycles. The van der Waals surface area contributed by atoms with E-state index in [0.29, 0.717) is 28.0 Å². The minimum atomic E-state index is -3.99. The molecule has 0 saturated heterocycles. The predicted molar refractivity (Wildman–Crippen MR) is 148 cm³/mol. The molecular formula is C28H21ClFN3O5S. The summed E-state index contributed by atoms with van der Waals surface area (Å²) >= 11 is 6.65. The van der Waals surface area contributed by atoms with E-state index in [4.69, 9.17) is 16.3 Å². The van der Waals surface area contributed by atoms with Gasteiger partial charge in [0.1, 0.15) is 17.3 Å². The molecule has 6 rings (SSSR count). The van der Waals surface area contributed by atoms with Crippen molar-refractivity contribution in [1.29, 1.82) is 0 Å². The number of benzene rings is 3. The van der Waals surface area contributed by atoms with E-state index < -0.39 is 27.3 Å². The maximum Gasteiger partial charge on any atom is 0.282 e. The molecule has 5 aromatic rings. The smallest absolute Gasteiger partial charge is 0.282 e. The lowest BCUT2D eigenvalue weighted by Gasteiger charge is -2.14. The number of aromatic nitrogens is 2. The van der Waals surface area contributed by atoms with Gasteiger partial charge in [-0.1, -0.05) is 35.9 Å². The molecular weight excluding hydrogens is 545 g/mol. The Morgan fingerprint density at radius 1 is 1.15 bits per heavy atom. The topological polar surface area (TPSA) is 110 Å². The number of hydrogen-bond donors (Lipinski definition) is 2. The van der Waals surface area contributed by atoms with Crippen molar-refractivity contribution < 1.29 is 22.3 Å². The molecule has 0 unspecified atom stereocenters. The SMILES string of the molecule is CS(=O)(=O)NC(=O)c1c(-c2ccc[nH]c2=O)c2c3c(c(F)cc2n1Cc1cc2ccccc2cc1Cl)CCO3. The van der Waals surface area contributed by atoms with E-state index in [1.807, 2.05) is 35.1 Å². The van der Waals surface area contributed by atoms with Crippen molar-refractivity contribution in [1.82, 2.24) is 14.3 Å². The van der Waals surface area contributed by atoms with Crippen LogP contribution in [-0.2, 0) is 23.0 Å². The molecule has 0 saturated carbocycles. The van der Waals surface area contributed by atoms with E-state index in [1.54, 1.807) is 12.1 Å². The summed E-state index contributed by atoms with van der Waals surface area (Å²) in [4.78, 5) is 29.2. The van der Waals surface area contributed by atoms with Gasteiger partial charge in [0.25, 0.3) is 11.5 Å². The second-order valence-corrected chi connectivity index (χ2v) is 11.5. The third-order valence-corrected chi connectivity index (χ3v) is 7.69. The van der Waals surface area contributed by atoms with Crippen LogP contribution in [0.15, 0.2) is 65.6 Å². The van der Waals surface area contributed by atoms with E-state index in [0.717, 1.165) is 17.0 Å². The van der Waals surface area contributed by atoms with Crippen molar-refractivity contribution in [2.45, 2.75) is 13.0 Å². The fourth-order valence-electron chi connectivity index (χ4n) is 5.18. The first-order valence-corrected chi connectivity index (χ1v) is 14.3. The number of aromatic amines is 1. The van der Waals surface area contributed by atoms with E-state index >= 15 is 4.39 Å². The second-order valence-electron chi connectivity index (χ2n) is 9.38. The van der Waals surface area contributed by atoms with Gasteiger partial charge < -0.3 is 14.3 Å². The van der Waals surface area contributed by atoms with Crippen LogP contribution in [0.4, 0.5) is 4.39 Å². The number of carbonyl (C=O) groups is 1. The zero-order chi connectivity index (χ0) is 27.5. The Balaban J connectivity index is 1.72. The summed E-state index contributed by atoms with van der Waals surface area (Å²) in [5.74, 6) is -1.28. The lowest BCUT2D eigenvalue weighted by atomic mass is 10.00. The number of nitrogens with zero attached hydrogens (tertiary/aromatic N) is 1. The highest BCUT2D eigenvalue weighted by atomic mass is 35.5. The van der Waals surface area contributed by atoms with Crippen LogP contribution in [-0.4, -0.2) is 36.7 Å². The number of pyridine rings is 1. The van der Waals surface area contributed by atoms with Crippen molar-refractivity contribution in [3.8, 4) is 16.9 Å². The molecule has 2 N–H and O–H groups in total. The van der Waals surface area contributed by atoms with Crippen molar-refractivity contribution in [2.24, 2.45) is 0 Å². The van der Waals surface area contributed by atoms with Crippen LogP contribution in [0, 0.1) is 5.82 Å². The van der Waals surface area contributed by atoms with E-state index in [1.165, 1.54) is 22.9 Å². The van der Waals surface area contributed by atoms with Gasteiger partial charge >= 0.3 is 0 Å². The van der Waals surface area contributed by atoms with Crippen molar-refractivity contribution in [3.05, 3.63) is 98.8 Å². The van der Waals surface area contributed by atoms with Gasteiger partial charge in [0.15, 0.2) is 0 Å². The molecule has 0 aliphatic carbocycles. The maximum absolute atomic E-state index is 15.3. The van der Waals surface area contributed by atoms with E-state index in [-0.39, 0.29) is 41.2 Å². The molecule has 1 aliphatic rings. The number of hydrogen-bond acceptors (Lipinski definition) is 5. The van der Waals surface area contributed by atoms with Gasteiger partial charge in [-0.2, -0.15) is 0 Å². The lowest BCUT2D eigenvalue weighted by molar-refractivity contribution is 0.0974. The molecule has 198 valence electrons. The quantitative estimate of drug-likeness (QED) is 0.323. The highest BCUT2D eigenvalue weighted by Gasteiger charge is 2.33. The highest BCUT2D eigenvalue weighted by Crippen LogP contribution is 2.45. The standard InChI is InChI=1S/C28H21ClFN3O5S/c1-39(36,37)32-28(35)25-23(19-7-4-9-31-27(19)34)24-22(13-21(30)18-8-10-38-26(18)24)33(25)14-17-11-15-5-2-3-6-16(15)12-20(17)29/h2-7,9,11-13H,8,10,14H2,1H3,(H,31,34)(H,32,35). The van der Waals surface area contributed by atoms with E-state index in [9.17, 15) is 18.0 Å². The van der Waals surface area contributed by atoms with Gasteiger partial charge in [0.2, 0.25) is 10.0 Å². The number of H-pyrrole nitrogens is 1. The van der Waals surface area contributed by atoms with Gasteiger partial charge in [-0.15, -0.1) is 0 Å². The fraction of sp³-hybridized carbons (Fsp3) is 0.143. The number of fused-ring (bicyclic) bond motifs is 4. The van der Waals surface area contributed by atoms with Gasteiger partial charge in [-0.05, 0) is 46.7 Å². The second kappa shape index (κ2) is 9.25. The predicted octanol–water partition coefficient (Wildman–Crippen LogP) is 4.61. The Morgan fingerprint density at radius 2 is 1.90 bits per heavy atom. The van der Waals surface area contributed by atoms with E-state index in [2.05, 4.69) is 4.98 Å². The first kappa shape index (κ1) is 25.1. The molecule has 3 aromatic carbocycles. The van der Waals surface area contributed by atoms with Crippen molar-refractivity contribution >= 4 is 49.2 Å². The zero-order valence-corrected chi connectivity index (χ0v) is 22.1. The Hall–Kier alpha value is -4.15. The first-order chi connectivity index (χ1) is 18.6. The first-order valence-electron chi connectivity index (χ1n) is 12.0. The minimum Gasteiger partial charge on any atom is -0.492 e. The Labute approximate surface area is 227 Å². The molecule has 11 heteroatoms. The largest absolute Gasteiger partial charge is 0.492 e. The molecule has 39 heavy (non-hydrogen) atoms. The summed E-state index contributed by atoms with van der Waals surface area (Å²) in [5, 5.41) is 2.55. The number of carbonyl (C=O) groups excluding carboxylic acids is 1. The zero-order valence-electron chi connectivity index (χ0n) is 20.5. The van der Waals surface area contributed by atoms with Crippen LogP contribution in [0.25, 0.3) is 32.8 Å². The summed E-state index contributed by atoms with van der Waals surface area (Å²) < 4.78 is 49.0. The fourth-order valence-corrected chi connectivity index (χ4v) is 5.84. The number of ether oxygens (including phenoxy) is 1. The molecule has 0 spiro atoms. The van der Waals surface area contributed by atoms with Gasteiger partial charge in [0.05, 0.1) is 29.3 Å². The molecule has 0 fully saturated rings. The molecule has 8 nitrogen and oxygen atoms in total. The van der Waals surface area contributed by atoms with Crippen LogP contribution in [0.5, 0.6) is 5.75 Å². The number of rotatable bonds is 5. The number of halogens is 2. The van der Waals surface area contributed by atoms with Crippen LogP contribution >= 0.6 is 11.6 Å². The molecule has 3 heterocycles. The Kier molecular flexibility index (Phi) is 5.96. The van der Waals surface area contributed by atoms with Crippen LogP contribution < -0.4 is 15.0 Å². The van der Waals surface area contributed by atoms with Crippen molar-refractivity contribution in [2.75, 3.05) is 12.9 Å². The summed E-state index contributed by atoms with van der Waals surface area (Å²) in [6.07, 6.45) is 2.61. The van der Waals surface area contributed by atoms with Gasteiger partial charge in [0, 0.05) is 35.3 Å². The summed E-state index contributed by atoms with van der Waals surface area (Å²) in [7, 11) is -3.99. The highest BCUT2D eigenvalue weighted by molar-refractivity contribution is 7.89. The Morgan fingerprint density at radius 3 is 2.62 bits per heavy atom. The molecule has 0 bridgehead atoms. The monoisotopic (exact) mass is 565 g/mol. The van der Waals surface area contributed by atoms with Crippen molar-refractivity contribution in [3.63, 3.8) is 0 Å². The minimum absolute atomic E-state index is 0.0182. The normalized spacial score (nSPS) is 13.0. The molecule has 1 aliphatic heterocycles. The number of amides is 1. The van der Waals surface area contributed by atoms with Gasteiger partial charge in [-0.3, -0.25) is 9.59 Å².